The molecule has 2 rings (SSSR count). The van der Waals surface area contributed by atoms with Gasteiger partial charge in [0.1, 0.15) is 0 Å². The van der Waals surface area contributed by atoms with Gasteiger partial charge in [-0.1, -0.05) is 6.92 Å². The number of pyridine rings is 1. The zero-order valence-corrected chi connectivity index (χ0v) is 14.2. The Morgan fingerprint density at radius 2 is 2.19 bits per heavy atom. The number of nitrogens with one attached hydrogen (secondary N) is 1. The quantitative estimate of drug-likeness (QED) is 0.767. The molecule has 2 heterocycles. The fraction of sp³-hybridized carbons (Fsp3) is 0.467. The van der Waals surface area contributed by atoms with Crippen molar-refractivity contribution in [2.45, 2.75) is 39.8 Å². The second-order valence-corrected chi connectivity index (χ2v) is 6.06. The van der Waals surface area contributed by atoms with Crippen molar-refractivity contribution in [3.8, 4) is 11.6 Å². The lowest BCUT2D eigenvalue weighted by Crippen LogP contribution is -2.14. The predicted molar refractivity (Wildman–Crippen MR) is 86.6 cm³/mol. The summed E-state index contributed by atoms with van der Waals surface area (Å²) in [7, 11) is 0. The predicted octanol–water partition coefficient (Wildman–Crippen LogP) is 3.91. The fourth-order valence-corrected chi connectivity index (χ4v) is 2.23. The number of ether oxygens (including phenoxy) is 1. The zero-order valence-electron chi connectivity index (χ0n) is 12.6. The Morgan fingerprint density at radius 1 is 1.38 bits per heavy atom. The van der Waals surface area contributed by atoms with Crippen molar-refractivity contribution in [1.29, 1.82) is 0 Å². The van der Waals surface area contributed by atoms with Crippen molar-refractivity contribution in [1.82, 2.24) is 20.1 Å². The van der Waals surface area contributed by atoms with Gasteiger partial charge in [-0.15, -0.1) is 0 Å². The van der Waals surface area contributed by atoms with Crippen LogP contribution in [0.2, 0.25) is 0 Å². The summed E-state index contributed by atoms with van der Waals surface area (Å²) < 4.78 is 8.68. The number of aromatic nitrogens is 3. The van der Waals surface area contributed by atoms with Gasteiger partial charge in [-0.3, -0.25) is 4.68 Å². The van der Waals surface area contributed by atoms with Crippen LogP contribution in [0.3, 0.4) is 0 Å². The summed E-state index contributed by atoms with van der Waals surface area (Å²) in [6.07, 6.45) is 6.44. The molecule has 0 atom stereocenters. The zero-order chi connectivity index (χ0) is 15.2. The molecule has 1 N–H and O–H groups in total. The number of rotatable bonds is 7. The van der Waals surface area contributed by atoms with Crippen molar-refractivity contribution in [2.24, 2.45) is 0 Å². The topological polar surface area (TPSA) is 52.0 Å². The van der Waals surface area contributed by atoms with Gasteiger partial charge in [0.2, 0.25) is 5.88 Å². The van der Waals surface area contributed by atoms with Gasteiger partial charge in [-0.25, -0.2) is 4.98 Å². The van der Waals surface area contributed by atoms with E-state index in [9.17, 15) is 0 Å². The minimum atomic E-state index is 0.311. The van der Waals surface area contributed by atoms with Crippen molar-refractivity contribution in [3.05, 3.63) is 34.7 Å². The number of hydrogen-bond acceptors (Lipinski definition) is 4. The molecule has 6 heteroatoms. The van der Waals surface area contributed by atoms with Gasteiger partial charge in [0, 0.05) is 28.8 Å². The Morgan fingerprint density at radius 3 is 2.86 bits per heavy atom. The lowest BCUT2D eigenvalue weighted by atomic mass is 10.2. The van der Waals surface area contributed by atoms with Crippen LogP contribution < -0.4 is 10.1 Å². The SMILES string of the molecule is CCCNCc1cc(Br)cnc1Oc1cnn(C(C)C)c1. The number of nitrogens with zero attached hydrogens (tertiary/aromatic N) is 3. The molecule has 0 bridgehead atoms. The lowest BCUT2D eigenvalue weighted by Gasteiger charge is -2.10. The van der Waals surface area contributed by atoms with E-state index in [1.54, 1.807) is 12.4 Å². The lowest BCUT2D eigenvalue weighted by molar-refractivity contribution is 0.449. The summed E-state index contributed by atoms with van der Waals surface area (Å²) in [4.78, 5) is 4.36. The summed E-state index contributed by atoms with van der Waals surface area (Å²) in [5.74, 6) is 1.32. The third kappa shape index (κ3) is 4.54. The largest absolute Gasteiger partial charge is 0.435 e. The smallest absolute Gasteiger partial charge is 0.223 e. The van der Waals surface area contributed by atoms with Crippen LogP contribution in [0, 0.1) is 0 Å². The second-order valence-electron chi connectivity index (χ2n) is 5.15. The maximum atomic E-state index is 5.87. The fourth-order valence-electron chi connectivity index (χ4n) is 1.85. The Labute approximate surface area is 133 Å². The normalized spacial score (nSPS) is 11.1. The molecule has 0 aliphatic rings. The molecule has 2 aromatic rings. The highest BCUT2D eigenvalue weighted by atomic mass is 79.9. The van der Waals surface area contributed by atoms with Crippen molar-refractivity contribution < 1.29 is 4.74 Å². The van der Waals surface area contributed by atoms with Crippen LogP contribution >= 0.6 is 15.9 Å². The first-order valence-corrected chi connectivity index (χ1v) is 7.96. The third-order valence-electron chi connectivity index (χ3n) is 2.96. The van der Waals surface area contributed by atoms with Crippen molar-refractivity contribution in [3.63, 3.8) is 0 Å². The Hall–Kier alpha value is -1.40. The van der Waals surface area contributed by atoms with Crippen LogP contribution in [0.25, 0.3) is 0 Å². The van der Waals surface area contributed by atoms with E-state index in [2.05, 4.69) is 52.1 Å². The average molecular weight is 353 g/mol. The van der Waals surface area contributed by atoms with Crippen LogP contribution in [0.1, 0.15) is 38.8 Å². The van der Waals surface area contributed by atoms with Crippen LogP contribution in [-0.2, 0) is 6.54 Å². The first-order valence-electron chi connectivity index (χ1n) is 7.17. The molecule has 0 amide bonds. The molecule has 0 aliphatic heterocycles. The molecule has 21 heavy (non-hydrogen) atoms. The van der Waals surface area contributed by atoms with Crippen LogP contribution in [0.5, 0.6) is 11.6 Å². The van der Waals surface area contributed by atoms with E-state index in [-0.39, 0.29) is 0 Å². The van der Waals surface area contributed by atoms with Crippen LogP contribution in [0.4, 0.5) is 0 Å². The van der Waals surface area contributed by atoms with Crippen molar-refractivity contribution >= 4 is 15.9 Å². The van der Waals surface area contributed by atoms with E-state index in [0.29, 0.717) is 17.7 Å². The van der Waals surface area contributed by atoms with E-state index in [1.807, 2.05) is 16.9 Å². The molecular formula is C15H21BrN4O. The van der Waals surface area contributed by atoms with E-state index < -0.39 is 0 Å². The Balaban J connectivity index is 2.13. The van der Waals surface area contributed by atoms with E-state index in [0.717, 1.165) is 29.5 Å². The molecule has 0 fully saturated rings. The summed E-state index contributed by atoms with van der Waals surface area (Å²) in [5.41, 5.74) is 1.02. The van der Waals surface area contributed by atoms with Gasteiger partial charge >= 0.3 is 0 Å². The molecule has 0 aromatic carbocycles. The average Bonchev–Trinajstić information content (AvgIpc) is 2.91. The molecule has 0 unspecified atom stereocenters. The molecule has 0 saturated heterocycles. The van der Waals surface area contributed by atoms with Crippen LogP contribution in [0.15, 0.2) is 29.1 Å². The minimum absolute atomic E-state index is 0.311. The first-order chi connectivity index (χ1) is 10.1. The first kappa shape index (κ1) is 16.0. The molecule has 0 radical (unpaired) electrons. The highest BCUT2D eigenvalue weighted by Gasteiger charge is 2.10. The highest BCUT2D eigenvalue weighted by molar-refractivity contribution is 9.10. The molecule has 0 aliphatic carbocycles. The molecule has 2 aromatic heterocycles. The Kier molecular flexibility index (Phi) is 5.76. The maximum absolute atomic E-state index is 5.87. The molecule has 114 valence electrons. The summed E-state index contributed by atoms with van der Waals surface area (Å²) in [6, 6.07) is 2.34. The van der Waals surface area contributed by atoms with Gasteiger partial charge in [0.15, 0.2) is 5.75 Å². The van der Waals surface area contributed by atoms with E-state index >= 15 is 0 Å². The summed E-state index contributed by atoms with van der Waals surface area (Å²) in [6.45, 7) is 8.00. The number of hydrogen-bond donors (Lipinski definition) is 1. The molecule has 5 nitrogen and oxygen atoms in total. The third-order valence-corrected chi connectivity index (χ3v) is 3.39. The van der Waals surface area contributed by atoms with Gasteiger partial charge < -0.3 is 10.1 Å². The second kappa shape index (κ2) is 7.56. The Bertz CT molecular complexity index is 583. The van der Waals surface area contributed by atoms with Gasteiger partial charge in [0.05, 0.1) is 12.4 Å². The van der Waals surface area contributed by atoms with Crippen LogP contribution in [-0.4, -0.2) is 21.3 Å². The summed E-state index contributed by atoms with van der Waals surface area (Å²) >= 11 is 3.45. The standard InChI is InChI=1S/C15H21BrN4O/c1-4-5-17-7-12-6-13(16)8-18-15(12)21-14-9-19-20(10-14)11(2)3/h6,8-11,17H,4-5,7H2,1-3H3. The molecular weight excluding hydrogens is 332 g/mol. The minimum Gasteiger partial charge on any atom is -0.435 e. The molecule has 0 spiro atoms. The van der Waals surface area contributed by atoms with Gasteiger partial charge in [-0.2, -0.15) is 5.10 Å². The van der Waals surface area contributed by atoms with Gasteiger partial charge in [-0.05, 0) is 48.8 Å². The monoisotopic (exact) mass is 352 g/mol. The van der Waals surface area contributed by atoms with Gasteiger partial charge in [0.25, 0.3) is 0 Å². The van der Waals surface area contributed by atoms with E-state index in [4.69, 9.17) is 4.74 Å². The van der Waals surface area contributed by atoms with Crippen molar-refractivity contribution in [2.75, 3.05) is 6.54 Å². The highest BCUT2D eigenvalue weighted by Crippen LogP contribution is 2.25. The van der Waals surface area contributed by atoms with E-state index in [1.165, 1.54) is 0 Å². The number of halogens is 1. The molecule has 0 saturated carbocycles. The maximum Gasteiger partial charge on any atom is 0.223 e. The summed E-state index contributed by atoms with van der Waals surface area (Å²) in [5, 5.41) is 7.64.